The Morgan fingerprint density at radius 3 is 1.39 bits per heavy atom. The maximum atomic E-state index is 5.64. The molecule has 0 aliphatic heterocycles. The van der Waals surface area contributed by atoms with Gasteiger partial charge in [0, 0.05) is 37.7 Å². The maximum Gasteiger partial charge on any atom is 0.147 e. The van der Waals surface area contributed by atoms with Gasteiger partial charge in [-0.25, -0.2) is 0 Å². The normalized spacial score (nSPS) is 10.6. The molecule has 0 spiro atoms. The predicted octanol–water partition coefficient (Wildman–Crippen LogP) is 5.02. The molecule has 3 nitrogen and oxygen atoms in total. The molecule has 0 bridgehead atoms. The Hall–Kier alpha value is 1.14. The van der Waals surface area contributed by atoms with E-state index in [1.165, 1.54) is 0 Å². The van der Waals surface area contributed by atoms with Crippen molar-refractivity contribution in [3.05, 3.63) is 0 Å². The SMILES string of the molecule is CCN(CC)C(=S)SSCCOCCSSC(=S)N(CC)CC. The summed E-state index contributed by atoms with van der Waals surface area (Å²) in [5.74, 6) is 1.92. The van der Waals surface area contributed by atoms with Crippen molar-refractivity contribution in [3.8, 4) is 0 Å². The molecule has 0 rings (SSSR count). The van der Waals surface area contributed by atoms with Gasteiger partial charge in [0.25, 0.3) is 0 Å². The number of nitrogens with zero attached hydrogens (tertiary/aromatic N) is 2. The van der Waals surface area contributed by atoms with E-state index in [1.807, 2.05) is 0 Å². The molecule has 0 saturated heterocycles. The first-order chi connectivity index (χ1) is 11.1. The quantitative estimate of drug-likeness (QED) is 0.238. The fourth-order valence-corrected chi connectivity index (χ4v) is 6.54. The summed E-state index contributed by atoms with van der Waals surface area (Å²) >= 11 is 10.8. The molecule has 0 fully saturated rings. The summed E-state index contributed by atoms with van der Waals surface area (Å²) in [5, 5.41) is 0. The van der Waals surface area contributed by atoms with Gasteiger partial charge >= 0.3 is 0 Å². The average molecular weight is 433 g/mol. The van der Waals surface area contributed by atoms with Crippen LogP contribution in [0.2, 0.25) is 0 Å². The van der Waals surface area contributed by atoms with Gasteiger partial charge in [0.1, 0.15) is 8.64 Å². The van der Waals surface area contributed by atoms with E-state index >= 15 is 0 Å². The van der Waals surface area contributed by atoms with Crippen molar-refractivity contribution in [2.75, 3.05) is 50.9 Å². The fraction of sp³-hybridized carbons (Fsp3) is 0.857. The molecule has 0 saturated carbocycles. The first kappa shape index (κ1) is 24.1. The van der Waals surface area contributed by atoms with Gasteiger partial charge in [-0.3, -0.25) is 0 Å². The van der Waals surface area contributed by atoms with Gasteiger partial charge in [-0.15, -0.1) is 0 Å². The minimum absolute atomic E-state index is 0.768. The molecule has 9 heteroatoms. The largest absolute Gasteiger partial charge is 0.380 e. The van der Waals surface area contributed by atoms with Crippen LogP contribution in [0.25, 0.3) is 0 Å². The van der Waals surface area contributed by atoms with E-state index in [1.54, 1.807) is 43.2 Å². The van der Waals surface area contributed by atoms with Crippen LogP contribution in [0.5, 0.6) is 0 Å². The van der Waals surface area contributed by atoms with Gasteiger partial charge in [-0.05, 0) is 49.3 Å². The average Bonchev–Trinajstić information content (AvgIpc) is 2.55. The van der Waals surface area contributed by atoms with E-state index in [2.05, 4.69) is 37.5 Å². The van der Waals surface area contributed by atoms with E-state index in [-0.39, 0.29) is 0 Å². The van der Waals surface area contributed by atoms with Gasteiger partial charge in [0.15, 0.2) is 0 Å². The minimum atomic E-state index is 0.768. The number of thiocarbonyl (C=S) groups is 2. The zero-order valence-electron chi connectivity index (χ0n) is 14.4. The third-order valence-electron chi connectivity index (χ3n) is 2.93. The molecule has 0 radical (unpaired) electrons. The van der Waals surface area contributed by atoms with Gasteiger partial charge in [0.05, 0.1) is 13.2 Å². The molecule has 0 aliphatic carbocycles. The summed E-state index contributed by atoms with van der Waals surface area (Å²) in [5.41, 5.74) is 0. The zero-order valence-corrected chi connectivity index (χ0v) is 19.3. The number of rotatable bonds is 12. The minimum Gasteiger partial charge on any atom is -0.380 e. The van der Waals surface area contributed by atoms with Crippen molar-refractivity contribution in [3.63, 3.8) is 0 Å². The van der Waals surface area contributed by atoms with Gasteiger partial charge in [-0.2, -0.15) is 0 Å². The molecule has 0 aromatic carbocycles. The van der Waals surface area contributed by atoms with Crippen LogP contribution < -0.4 is 0 Å². The van der Waals surface area contributed by atoms with Crippen molar-refractivity contribution >= 4 is 76.3 Å². The van der Waals surface area contributed by atoms with E-state index in [4.69, 9.17) is 29.2 Å². The molecule has 0 heterocycles. The van der Waals surface area contributed by atoms with Crippen LogP contribution in [-0.2, 0) is 4.74 Å². The summed E-state index contributed by atoms with van der Waals surface area (Å²) in [6.45, 7) is 14.0. The van der Waals surface area contributed by atoms with Crippen LogP contribution in [0.4, 0.5) is 0 Å². The fourth-order valence-electron chi connectivity index (χ4n) is 1.54. The summed E-state index contributed by atoms with van der Waals surface area (Å²) in [7, 11) is 6.89. The highest BCUT2D eigenvalue weighted by molar-refractivity contribution is 8.84. The second-order valence-electron chi connectivity index (χ2n) is 4.30. The molecule has 0 aromatic rings. The lowest BCUT2D eigenvalue weighted by atomic mass is 10.6. The number of ether oxygens (including phenoxy) is 1. The molecule has 0 atom stereocenters. The Morgan fingerprint density at radius 2 is 1.09 bits per heavy atom. The Labute approximate surface area is 168 Å². The van der Waals surface area contributed by atoms with Gasteiger partial charge < -0.3 is 14.5 Å². The Balaban J connectivity index is 3.47. The lowest BCUT2D eigenvalue weighted by Crippen LogP contribution is -2.26. The molecular formula is C14H28N2OS6. The number of hydrogen-bond donors (Lipinski definition) is 0. The predicted molar refractivity (Wildman–Crippen MR) is 122 cm³/mol. The molecular weight excluding hydrogens is 405 g/mol. The topological polar surface area (TPSA) is 15.7 Å². The smallest absolute Gasteiger partial charge is 0.147 e. The van der Waals surface area contributed by atoms with Crippen molar-refractivity contribution in [2.45, 2.75) is 27.7 Å². The van der Waals surface area contributed by atoms with Gasteiger partial charge in [0.2, 0.25) is 0 Å². The second-order valence-corrected chi connectivity index (χ2v) is 10.4. The third-order valence-corrected chi connectivity index (χ3v) is 8.93. The van der Waals surface area contributed by atoms with Crippen LogP contribution in [0, 0.1) is 0 Å². The molecule has 136 valence electrons. The third kappa shape index (κ3) is 12.2. The van der Waals surface area contributed by atoms with Gasteiger partial charge in [-0.1, -0.05) is 46.0 Å². The highest BCUT2D eigenvalue weighted by atomic mass is 33.1. The highest BCUT2D eigenvalue weighted by Gasteiger charge is 2.07. The molecule has 0 unspecified atom stereocenters. The van der Waals surface area contributed by atoms with Crippen LogP contribution in [0.3, 0.4) is 0 Å². The first-order valence-corrected chi connectivity index (χ1v) is 13.3. The van der Waals surface area contributed by atoms with E-state index in [0.29, 0.717) is 0 Å². The maximum absolute atomic E-state index is 5.64. The Kier molecular flexibility index (Phi) is 17.4. The first-order valence-electron chi connectivity index (χ1n) is 7.85. The number of hydrogen-bond acceptors (Lipinski definition) is 7. The van der Waals surface area contributed by atoms with Crippen molar-refractivity contribution in [1.29, 1.82) is 0 Å². The summed E-state index contributed by atoms with van der Waals surface area (Å²) in [4.78, 5) is 4.39. The van der Waals surface area contributed by atoms with Crippen LogP contribution in [0.15, 0.2) is 0 Å². The molecule has 0 N–H and O–H groups in total. The summed E-state index contributed by atoms with van der Waals surface area (Å²) in [6, 6.07) is 0. The zero-order chi connectivity index (χ0) is 17.5. The highest BCUT2D eigenvalue weighted by Crippen LogP contribution is 2.26. The lowest BCUT2D eigenvalue weighted by Gasteiger charge is -2.20. The van der Waals surface area contributed by atoms with E-state index in [0.717, 1.165) is 59.5 Å². The molecule has 0 aromatic heterocycles. The van der Waals surface area contributed by atoms with Crippen LogP contribution in [-0.4, -0.2) is 69.3 Å². The molecule has 23 heavy (non-hydrogen) atoms. The molecule has 0 aliphatic rings. The second kappa shape index (κ2) is 16.6. The molecule has 0 amide bonds. The van der Waals surface area contributed by atoms with Crippen LogP contribution >= 0.6 is 67.6 Å². The van der Waals surface area contributed by atoms with Crippen molar-refractivity contribution < 1.29 is 4.74 Å². The lowest BCUT2D eigenvalue weighted by molar-refractivity contribution is 0.167. The van der Waals surface area contributed by atoms with Crippen molar-refractivity contribution in [2.24, 2.45) is 0 Å². The Bertz CT molecular complexity index is 294. The van der Waals surface area contributed by atoms with Crippen molar-refractivity contribution in [1.82, 2.24) is 9.80 Å². The van der Waals surface area contributed by atoms with E-state index in [9.17, 15) is 0 Å². The monoisotopic (exact) mass is 432 g/mol. The van der Waals surface area contributed by atoms with Crippen LogP contribution in [0.1, 0.15) is 27.7 Å². The van der Waals surface area contributed by atoms with E-state index < -0.39 is 0 Å². The summed E-state index contributed by atoms with van der Waals surface area (Å²) < 4.78 is 7.58. The standard InChI is InChI=1S/C14H28N2OS6/c1-5-15(6-2)13(18)22-20-11-9-17-10-12-21-23-14(19)16(7-3)8-4/h5-12H2,1-4H3. The Morgan fingerprint density at radius 1 is 0.739 bits per heavy atom. The summed E-state index contributed by atoms with van der Waals surface area (Å²) in [6.07, 6.45) is 0.